The molecule has 1 saturated carbocycles. The number of ketones is 1. The predicted molar refractivity (Wildman–Crippen MR) is 144 cm³/mol. The zero-order valence-corrected chi connectivity index (χ0v) is 21.8. The Hall–Kier alpha value is -2.77. The molecule has 2 amide bonds. The number of Topliss-reactive ketones (excluding diaryl/α,β-unsaturated/α-hetero) is 1. The number of carbonyl (C=O) groups excluding carboxylic acids is 2. The fourth-order valence-electron chi connectivity index (χ4n) is 5.88. The molecule has 3 N–H and O–H groups in total. The highest BCUT2D eigenvalue weighted by molar-refractivity contribution is 5.96. The van der Waals surface area contributed by atoms with Crippen LogP contribution in [-0.2, 0) is 6.42 Å². The number of anilines is 1. The Balaban J connectivity index is 1.33. The molecule has 4 rings (SSSR count). The molecule has 2 aliphatic rings. The van der Waals surface area contributed by atoms with E-state index < -0.39 is 5.60 Å². The van der Waals surface area contributed by atoms with E-state index in [9.17, 15) is 19.1 Å². The van der Waals surface area contributed by atoms with Crippen molar-refractivity contribution in [3.05, 3.63) is 65.5 Å². The number of β-amino-alcohol motifs (C(OH)–C–C–N with tert-alkyl or cyclic N) is 1. The molecule has 1 unspecified atom stereocenters. The minimum Gasteiger partial charge on any atom is -0.386 e. The Morgan fingerprint density at radius 2 is 1.73 bits per heavy atom. The molecule has 0 bridgehead atoms. The van der Waals surface area contributed by atoms with Crippen molar-refractivity contribution in [3.63, 3.8) is 0 Å². The van der Waals surface area contributed by atoms with Crippen molar-refractivity contribution in [3.8, 4) is 0 Å². The number of piperidine rings is 1. The number of likely N-dealkylation sites (tertiary alicyclic amines) is 1. The Bertz CT molecular complexity index is 1050. The van der Waals surface area contributed by atoms with Gasteiger partial charge in [0.1, 0.15) is 5.82 Å². The van der Waals surface area contributed by atoms with Crippen LogP contribution in [0.25, 0.3) is 0 Å². The third-order valence-electron chi connectivity index (χ3n) is 8.09. The van der Waals surface area contributed by atoms with E-state index in [4.69, 9.17) is 0 Å². The number of carbonyl (C=O) groups is 2. The summed E-state index contributed by atoms with van der Waals surface area (Å²) >= 11 is 0. The fourth-order valence-corrected chi connectivity index (χ4v) is 5.88. The Kier molecular flexibility index (Phi) is 9.33. The van der Waals surface area contributed by atoms with Gasteiger partial charge in [-0.1, -0.05) is 43.5 Å². The van der Waals surface area contributed by atoms with E-state index in [2.05, 4.69) is 15.5 Å². The summed E-state index contributed by atoms with van der Waals surface area (Å²) in [4.78, 5) is 26.7. The van der Waals surface area contributed by atoms with Gasteiger partial charge in [-0.3, -0.25) is 4.79 Å². The van der Waals surface area contributed by atoms with Gasteiger partial charge in [0.2, 0.25) is 0 Å². The summed E-state index contributed by atoms with van der Waals surface area (Å²) in [5.74, 6) is 0.447. The van der Waals surface area contributed by atoms with E-state index in [1.165, 1.54) is 31.0 Å². The third-order valence-corrected chi connectivity index (χ3v) is 8.09. The molecule has 2 aromatic rings. The maximum Gasteiger partial charge on any atom is 0.319 e. The predicted octanol–water partition coefficient (Wildman–Crippen LogP) is 5.42. The average Bonchev–Trinajstić information content (AvgIpc) is 2.91. The van der Waals surface area contributed by atoms with Gasteiger partial charge in [-0.05, 0) is 93.8 Å². The molecule has 7 heteroatoms. The summed E-state index contributed by atoms with van der Waals surface area (Å²) in [5, 5.41) is 17.6. The van der Waals surface area contributed by atoms with Gasteiger partial charge in [-0.2, -0.15) is 0 Å². The third kappa shape index (κ3) is 7.86. The fraction of sp³-hybridized carbons (Fsp3) is 0.533. The lowest BCUT2D eigenvalue weighted by Gasteiger charge is -2.43. The van der Waals surface area contributed by atoms with Gasteiger partial charge >= 0.3 is 6.03 Å². The van der Waals surface area contributed by atoms with E-state index in [0.29, 0.717) is 23.7 Å². The Morgan fingerprint density at radius 1 is 1.03 bits per heavy atom. The molecule has 0 aromatic heterocycles. The second kappa shape index (κ2) is 12.7. The molecule has 0 spiro atoms. The van der Waals surface area contributed by atoms with E-state index in [1.807, 2.05) is 12.1 Å². The highest BCUT2D eigenvalue weighted by atomic mass is 19.1. The lowest BCUT2D eigenvalue weighted by Crippen LogP contribution is -2.57. The molecule has 1 atom stereocenters. The Morgan fingerprint density at radius 3 is 2.41 bits per heavy atom. The van der Waals surface area contributed by atoms with Gasteiger partial charge in [0.15, 0.2) is 5.78 Å². The zero-order valence-electron chi connectivity index (χ0n) is 21.8. The summed E-state index contributed by atoms with van der Waals surface area (Å²) in [5.41, 5.74) is 1.26. The monoisotopic (exact) mass is 509 g/mol. The number of benzene rings is 2. The lowest BCUT2D eigenvalue weighted by atomic mass is 9.76. The van der Waals surface area contributed by atoms with Crippen LogP contribution in [0.5, 0.6) is 0 Å². The minimum absolute atomic E-state index is 0.0582. The largest absolute Gasteiger partial charge is 0.386 e. The maximum absolute atomic E-state index is 13.2. The van der Waals surface area contributed by atoms with E-state index in [1.54, 1.807) is 24.3 Å². The number of nitrogens with zero attached hydrogens (tertiary/aromatic N) is 1. The van der Waals surface area contributed by atoms with Crippen molar-refractivity contribution < 1.29 is 19.1 Å². The number of halogens is 1. The summed E-state index contributed by atoms with van der Waals surface area (Å²) in [6.07, 6.45) is 8.39. The molecule has 2 aromatic carbocycles. The number of nitrogens with one attached hydrogen (secondary N) is 2. The molecule has 1 aliphatic heterocycles. The van der Waals surface area contributed by atoms with Crippen molar-refractivity contribution >= 4 is 17.5 Å². The molecule has 1 aliphatic carbocycles. The van der Waals surface area contributed by atoms with Gasteiger partial charge in [-0.15, -0.1) is 0 Å². The average molecular weight is 510 g/mol. The molecule has 6 nitrogen and oxygen atoms in total. The van der Waals surface area contributed by atoms with E-state index >= 15 is 0 Å². The zero-order chi connectivity index (χ0) is 26.3. The van der Waals surface area contributed by atoms with Gasteiger partial charge in [0.05, 0.1) is 5.60 Å². The highest BCUT2D eigenvalue weighted by Crippen LogP contribution is 2.34. The first-order valence-corrected chi connectivity index (χ1v) is 13.7. The van der Waals surface area contributed by atoms with E-state index in [0.717, 1.165) is 58.0 Å². The van der Waals surface area contributed by atoms with Crippen molar-refractivity contribution in [2.45, 2.75) is 63.9 Å². The van der Waals surface area contributed by atoms with Crippen molar-refractivity contribution in [2.24, 2.45) is 11.8 Å². The molecule has 0 radical (unpaired) electrons. The standard InChI is InChI=1S/C30H40FN3O3/c1-22(35)25-6-5-9-28(19-25)33-29(36)32-20-30(37,26-7-3-2-4-8-26)21-34-16-14-24(15-17-34)18-23-10-12-27(31)13-11-23/h5-6,9-13,19,24,26,37H,2-4,7-8,14-18,20-21H2,1H3,(H2,32,33,36). The summed E-state index contributed by atoms with van der Waals surface area (Å²) < 4.78 is 13.2. The van der Waals surface area contributed by atoms with Crippen LogP contribution in [0.3, 0.4) is 0 Å². The summed E-state index contributed by atoms with van der Waals surface area (Å²) in [6.45, 7) is 4.04. The first-order valence-electron chi connectivity index (χ1n) is 13.7. The number of amides is 2. The van der Waals surface area contributed by atoms with Crippen LogP contribution >= 0.6 is 0 Å². The first-order chi connectivity index (χ1) is 17.8. The van der Waals surface area contributed by atoms with Gasteiger partial charge in [0, 0.05) is 24.3 Å². The van der Waals surface area contributed by atoms with Crippen LogP contribution in [0.1, 0.15) is 67.8 Å². The highest BCUT2D eigenvalue weighted by Gasteiger charge is 2.39. The number of aliphatic hydroxyl groups is 1. The number of hydrogen-bond acceptors (Lipinski definition) is 4. The summed E-state index contributed by atoms with van der Waals surface area (Å²) in [6, 6.07) is 13.3. The number of urea groups is 1. The van der Waals surface area contributed by atoms with Crippen LogP contribution in [-0.4, -0.2) is 53.6 Å². The first kappa shape index (κ1) is 27.3. The second-order valence-electron chi connectivity index (χ2n) is 10.9. The topological polar surface area (TPSA) is 81.7 Å². The molecule has 1 heterocycles. The van der Waals surface area contributed by atoms with E-state index in [-0.39, 0.29) is 30.1 Å². The lowest BCUT2D eigenvalue weighted by molar-refractivity contribution is -0.0591. The van der Waals surface area contributed by atoms with Gasteiger partial charge < -0.3 is 20.6 Å². The quantitative estimate of drug-likeness (QED) is 0.395. The maximum atomic E-state index is 13.2. The number of hydrogen-bond donors (Lipinski definition) is 3. The number of rotatable bonds is 9. The van der Waals surface area contributed by atoms with Crippen LogP contribution < -0.4 is 10.6 Å². The smallest absolute Gasteiger partial charge is 0.319 e. The van der Waals surface area contributed by atoms with Crippen molar-refractivity contribution in [2.75, 3.05) is 31.5 Å². The summed E-state index contributed by atoms with van der Waals surface area (Å²) in [7, 11) is 0. The molecule has 1 saturated heterocycles. The van der Waals surface area contributed by atoms with Gasteiger partial charge in [0.25, 0.3) is 0 Å². The second-order valence-corrected chi connectivity index (χ2v) is 10.9. The normalized spacial score (nSPS) is 19.2. The van der Waals surface area contributed by atoms with Crippen LogP contribution in [0, 0.1) is 17.7 Å². The molecular formula is C30H40FN3O3. The minimum atomic E-state index is -0.997. The SMILES string of the molecule is CC(=O)c1cccc(NC(=O)NCC(O)(CN2CCC(Cc3ccc(F)cc3)CC2)C2CCCCC2)c1. The molecule has 200 valence electrons. The van der Waals surface area contributed by atoms with Crippen LogP contribution in [0.2, 0.25) is 0 Å². The Labute approximate surface area is 219 Å². The molecular weight excluding hydrogens is 469 g/mol. The van der Waals surface area contributed by atoms with Crippen LogP contribution in [0.15, 0.2) is 48.5 Å². The van der Waals surface area contributed by atoms with Crippen LogP contribution in [0.4, 0.5) is 14.9 Å². The molecule has 37 heavy (non-hydrogen) atoms. The molecule has 2 fully saturated rings. The van der Waals surface area contributed by atoms with Crippen molar-refractivity contribution in [1.29, 1.82) is 0 Å². The van der Waals surface area contributed by atoms with Gasteiger partial charge in [-0.25, -0.2) is 9.18 Å². The van der Waals surface area contributed by atoms with Crippen molar-refractivity contribution in [1.82, 2.24) is 10.2 Å².